The fourth-order valence-electron chi connectivity index (χ4n) is 3.48. The van der Waals surface area contributed by atoms with E-state index in [0.29, 0.717) is 17.7 Å². The first-order valence-electron chi connectivity index (χ1n) is 10.5. The van der Waals surface area contributed by atoms with Gasteiger partial charge in [0.25, 0.3) is 5.56 Å². The Balaban J connectivity index is 2.18. The van der Waals surface area contributed by atoms with Crippen LogP contribution in [0.1, 0.15) is 22.3 Å². The van der Waals surface area contributed by atoms with Crippen molar-refractivity contribution in [1.82, 2.24) is 4.57 Å². The van der Waals surface area contributed by atoms with Gasteiger partial charge in [-0.25, -0.2) is 8.78 Å². The van der Waals surface area contributed by atoms with Crippen molar-refractivity contribution < 1.29 is 22.0 Å². The van der Waals surface area contributed by atoms with E-state index in [4.69, 9.17) is 0 Å². The fourth-order valence-corrected chi connectivity index (χ4v) is 3.48. The molecule has 0 atom stereocenters. The van der Waals surface area contributed by atoms with Crippen LogP contribution in [-0.4, -0.2) is 4.57 Å². The molecule has 3 aromatic rings. The molecule has 0 unspecified atom stereocenters. The molecule has 0 aliphatic heterocycles. The van der Waals surface area contributed by atoms with Crippen molar-refractivity contribution in [3.05, 3.63) is 136 Å². The molecule has 0 amide bonds. The molecule has 0 N–H and O–H groups in total. The second-order valence-corrected chi connectivity index (χ2v) is 7.62. The smallest absolute Gasteiger partial charge is 0.303 e. The van der Waals surface area contributed by atoms with Gasteiger partial charge in [-0.1, -0.05) is 73.9 Å². The van der Waals surface area contributed by atoms with Crippen molar-refractivity contribution in [2.45, 2.75) is 12.7 Å². The van der Waals surface area contributed by atoms with Crippen LogP contribution in [0.15, 0.2) is 96.4 Å². The van der Waals surface area contributed by atoms with E-state index in [2.05, 4.69) is 13.2 Å². The van der Waals surface area contributed by atoms with Crippen LogP contribution in [0.3, 0.4) is 0 Å². The van der Waals surface area contributed by atoms with Crippen LogP contribution in [0, 0.1) is 23.0 Å². The Hall–Kier alpha value is -4.51. The molecular weight excluding hydrogens is 475 g/mol. The summed E-state index contributed by atoms with van der Waals surface area (Å²) in [7, 11) is 0. The van der Waals surface area contributed by atoms with E-state index in [1.165, 1.54) is 18.2 Å². The van der Waals surface area contributed by atoms with Crippen molar-refractivity contribution >= 4 is 6.08 Å². The Kier molecular flexibility index (Phi) is 7.85. The molecule has 2 aromatic carbocycles. The largest absolute Gasteiger partial charge is 0.417 e. The third-order valence-corrected chi connectivity index (χ3v) is 5.28. The number of nitriles is 1. The first kappa shape index (κ1) is 26.1. The first-order valence-corrected chi connectivity index (χ1v) is 10.5. The van der Waals surface area contributed by atoms with Gasteiger partial charge in [0.15, 0.2) is 0 Å². The van der Waals surface area contributed by atoms with Gasteiger partial charge in [-0.15, -0.1) is 0 Å². The van der Waals surface area contributed by atoms with Gasteiger partial charge in [0.1, 0.15) is 23.3 Å². The van der Waals surface area contributed by atoms with Gasteiger partial charge < -0.3 is 4.57 Å². The number of rotatable bonds is 7. The van der Waals surface area contributed by atoms with Gasteiger partial charge in [0.2, 0.25) is 0 Å². The summed E-state index contributed by atoms with van der Waals surface area (Å²) in [4.78, 5) is 13.0. The highest BCUT2D eigenvalue weighted by Gasteiger charge is 2.36. The molecule has 0 aliphatic carbocycles. The number of aromatic nitrogens is 1. The minimum Gasteiger partial charge on any atom is -0.303 e. The molecule has 182 valence electrons. The molecule has 1 aromatic heterocycles. The summed E-state index contributed by atoms with van der Waals surface area (Å²) in [6.45, 7) is 6.79. The number of hydrogen-bond donors (Lipinski definition) is 0. The highest BCUT2D eigenvalue weighted by Crippen LogP contribution is 2.34. The molecule has 36 heavy (non-hydrogen) atoms. The standard InChI is InChI=1S/C28H19F5N2O/c1-3-5-18(4-2)6-7-19-8-10-20(11-9-19)26-15-24(28(31,32)33)23(16-34)27(36)35(26)17-21-12-13-22(29)14-25(21)30/h3-15H,1-2,17H2/b7-6+,18-5+. The van der Waals surface area contributed by atoms with Gasteiger partial charge in [-0.3, -0.25) is 4.79 Å². The summed E-state index contributed by atoms with van der Waals surface area (Å²) in [5, 5.41) is 9.29. The average Bonchev–Trinajstić information content (AvgIpc) is 2.83. The molecule has 0 radical (unpaired) electrons. The summed E-state index contributed by atoms with van der Waals surface area (Å²) < 4.78 is 69.6. The predicted molar refractivity (Wildman–Crippen MR) is 129 cm³/mol. The van der Waals surface area contributed by atoms with Crippen LogP contribution >= 0.6 is 0 Å². The Morgan fingerprint density at radius 1 is 1.06 bits per heavy atom. The number of alkyl halides is 3. The van der Waals surface area contributed by atoms with Gasteiger partial charge in [-0.05, 0) is 28.8 Å². The van der Waals surface area contributed by atoms with E-state index in [1.807, 2.05) is 0 Å². The number of nitrogens with zero attached hydrogens (tertiary/aromatic N) is 2. The van der Waals surface area contributed by atoms with Crippen molar-refractivity contribution in [2.24, 2.45) is 0 Å². The van der Waals surface area contributed by atoms with Gasteiger partial charge in [0, 0.05) is 11.6 Å². The monoisotopic (exact) mass is 494 g/mol. The molecule has 0 saturated carbocycles. The highest BCUT2D eigenvalue weighted by atomic mass is 19.4. The molecular formula is C28H19F5N2O. The number of pyridine rings is 1. The number of hydrogen-bond acceptors (Lipinski definition) is 2. The Morgan fingerprint density at radius 2 is 1.75 bits per heavy atom. The molecule has 0 saturated heterocycles. The lowest BCUT2D eigenvalue weighted by molar-refractivity contribution is -0.137. The lowest BCUT2D eigenvalue weighted by atomic mass is 10.0. The minimum atomic E-state index is -4.97. The number of allylic oxidation sites excluding steroid dienone is 5. The van der Waals surface area contributed by atoms with E-state index in [1.54, 1.807) is 42.5 Å². The maximum absolute atomic E-state index is 14.3. The molecule has 3 nitrogen and oxygen atoms in total. The summed E-state index contributed by atoms with van der Waals surface area (Å²) in [5.41, 5.74) is -2.33. The normalized spacial score (nSPS) is 11.9. The maximum atomic E-state index is 14.3. The van der Waals surface area contributed by atoms with Crippen LogP contribution in [0.5, 0.6) is 0 Å². The molecule has 3 rings (SSSR count). The Bertz CT molecular complexity index is 1470. The summed E-state index contributed by atoms with van der Waals surface area (Å²) in [5.74, 6) is -1.82. The zero-order chi connectivity index (χ0) is 26.5. The third kappa shape index (κ3) is 5.76. The maximum Gasteiger partial charge on any atom is 0.417 e. The molecule has 8 heteroatoms. The SMILES string of the molecule is C=C/C=C(C=C)/C=C/c1ccc(-c2cc(C(F)(F)F)c(C#N)c(=O)n2Cc2ccc(F)cc2F)cc1. The second-order valence-electron chi connectivity index (χ2n) is 7.62. The van der Waals surface area contributed by atoms with Crippen LogP contribution in [-0.2, 0) is 12.7 Å². The fraction of sp³-hybridized carbons (Fsp3) is 0.0714. The van der Waals surface area contributed by atoms with E-state index in [0.717, 1.165) is 22.3 Å². The Labute approximate surface area is 204 Å². The summed E-state index contributed by atoms with van der Waals surface area (Å²) in [6.07, 6.45) is 3.50. The summed E-state index contributed by atoms with van der Waals surface area (Å²) in [6, 6.07) is 10.9. The van der Waals surface area contributed by atoms with Gasteiger partial charge in [0.05, 0.1) is 17.8 Å². The molecule has 1 heterocycles. The van der Waals surface area contributed by atoms with Crippen LogP contribution in [0.4, 0.5) is 22.0 Å². The van der Waals surface area contributed by atoms with Crippen molar-refractivity contribution in [3.8, 4) is 17.3 Å². The zero-order valence-electron chi connectivity index (χ0n) is 18.8. The Morgan fingerprint density at radius 3 is 2.31 bits per heavy atom. The van der Waals surface area contributed by atoms with Crippen molar-refractivity contribution in [3.63, 3.8) is 0 Å². The zero-order valence-corrected chi connectivity index (χ0v) is 18.8. The third-order valence-electron chi connectivity index (χ3n) is 5.28. The molecule has 0 spiro atoms. The number of halogens is 5. The first-order chi connectivity index (χ1) is 17.1. The molecule has 0 bridgehead atoms. The quantitative estimate of drug-likeness (QED) is 0.261. The predicted octanol–water partition coefficient (Wildman–Crippen LogP) is 7.04. The van der Waals surface area contributed by atoms with Crippen molar-refractivity contribution in [2.75, 3.05) is 0 Å². The number of benzene rings is 2. The van der Waals surface area contributed by atoms with E-state index < -0.39 is 41.0 Å². The highest BCUT2D eigenvalue weighted by molar-refractivity contribution is 5.66. The van der Waals surface area contributed by atoms with Gasteiger partial charge >= 0.3 is 6.18 Å². The molecule has 0 fully saturated rings. The van der Waals surface area contributed by atoms with Crippen LogP contribution in [0.2, 0.25) is 0 Å². The molecule has 0 aliphatic rings. The van der Waals surface area contributed by atoms with Crippen LogP contribution < -0.4 is 5.56 Å². The average molecular weight is 494 g/mol. The van der Waals surface area contributed by atoms with Gasteiger partial charge in [-0.2, -0.15) is 18.4 Å². The van der Waals surface area contributed by atoms with E-state index in [9.17, 15) is 32.0 Å². The van der Waals surface area contributed by atoms with E-state index in [-0.39, 0.29) is 16.8 Å². The topological polar surface area (TPSA) is 45.8 Å². The summed E-state index contributed by atoms with van der Waals surface area (Å²) >= 11 is 0. The lowest BCUT2D eigenvalue weighted by Gasteiger charge is -2.18. The van der Waals surface area contributed by atoms with E-state index >= 15 is 0 Å². The second kappa shape index (κ2) is 10.8. The van der Waals surface area contributed by atoms with Crippen molar-refractivity contribution in [1.29, 1.82) is 5.26 Å². The van der Waals surface area contributed by atoms with Crippen LogP contribution in [0.25, 0.3) is 17.3 Å². The minimum absolute atomic E-state index is 0.131. The lowest BCUT2D eigenvalue weighted by Crippen LogP contribution is -2.29.